The quantitative estimate of drug-likeness (QED) is 0.0202. The van der Waals surface area contributed by atoms with Gasteiger partial charge in [0.1, 0.15) is 13.2 Å². The molecule has 0 aliphatic rings. The fourth-order valence-electron chi connectivity index (χ4n) is 5.64. The Morgan fingerprint density at radius 2 is 0.667 bits per heavy atom. The van der Waals surface area contributed by atoms with E-state index in [4.69, 9.17) is 14.2 Å². The lowest BCUT2D eigenvalue weighted by atomic mass is 10.1. The number of esters is 3. The Balaban J connectivity index is 4.56. The minimum Gasteiger partial charge on any atom is -0.462 e. The number of allylic oxidation sites excluding steroid dienone is 22. The molecule has 0 saturated heterocycles. The monoisotopic (exact) mass is 827 g/mol. The molecule has 1 atom stereocenters. The summed E-state index contributed by atoms with van der Waals surface area (Å²) in [5.74, 6) is -1.01. The van der Waals surface area contributed by atoms with Crippen LogP contribution in [0.2, 0.25) is 0 Å². The van der Waals surface area contributed by atoms with Crippen LogP contribution in [0.25, 0.3) is 0 Å². The summed E-state index contributed by atoms with van der Waals surface area (Å²) in [6.45, 7) is 6.20. The van der Waals surface area contributed by atoms with E-state index in [1.54, 1.807) is 0 Å². The van der Waals surface area contributed by atoms with E-state index < -0.39 is 6.10 Å². The van der Waals surface area contributed by atoms with E-state index in [1.165, 1.54) is 12.8 Å². The molecule has 0 aromatic rings. The van der Waals surface area contributed by atoms with Crippen LogP contribution in [0.15, 0.2) is 134 Å². The molecule has 0 fully saturated rings. The van der Waals surface area contributed by atoms with Gasteiger partial charge >= 0.3 is 17.9 Å². The van der Waals surface area contributed by atoms with Gasteiger partial charge in [0.15, 0.2) is 6.10 Å². The lowest BCUT2D eigenvalue weighted by Gasteiger charge is -2.18. The molecule has 0 aromatic carbocycles. The first-order valence-electron chi connectivity index (χ1n) is 23.3. The van der Waals surface area contributed by atoms with E-state index in [1.807, 2.05) is 85.1 Å². The van der Waals surface area contributed by atoms with Crippen LogP contribution in [0.3, 0.4) is 0 Å². The Kier molecular flexibility index (Phi) is 43.7. The highest BCUT2D eigenvalue weighted by Crippen LogP contribution is 2.12. The van der Waals surface area contributed by atoms with Gasteiger partial charge in [-0.05, 0) is 77.0 Å². The first-order chi connectivity index (χ1) is 29.5. The van der Waals surface area contributed by atoms with Gasteiger partial charge < -0.3 is 14.2 Å². The fourth-order valence-corrected chi connectivity index (χ4v) is 5.64. The second kappa shape index (κ2) is 47.2. The highest BCUT2D eigenvalue weighted by Gasteiger charge is 2.19. The first kappa shape index (κ1) is 55.5. The van der Waals surface area contributed by atoms with Gasteiger partial charge in [-0.2, -0.15) is 0 Å². The lowest BCUT2D eigenvalue weighted by Crippen LogP contribution is -2.30. The molecule has 0 radical (unpaired) electrons. The predicted molar refractivity (Wildman–Crippen MR) is 256 cm³/mol. The Morgan fingerprint density at radius 1 is 0.350 bits per heavy atom. The zero-order valence-corrected chi connectivity index (χ0v) is 37.9. The summed E-state index contributed by atoms with van der Waals surface area (Å²) in [5.41, 5.74) is 0. The van der Waals surface area contributed by atoms with E-state index in [-0.39, 0.29) is 37.5 Å². The van der Waals surface area contributed by atoms with Crippen LogP contribution >= 0.6 is 0 Å². The van der Waals surface area contributed by atoms with Crippen molar-refractivity contribution in [2.75, 3.05) is 13.2 Å². The highest BCUT2D eigenvalue weighted by atomic mass is 16.6. The molecule has 0 aromatic heterocycles. The van der Waals surface area contributed by atoms with Crippen molar-refractivity contribution in [2.45, 2.75) is 175 Å². The van der Waals surface area contributed by atoms with E-state index >= 15 is 0 Å². The second-order valence-corrected chi connectivity index (χ2v) is 14.8. The molecule has 60 heavy (non-hydrogen) atoms. The summed E-state index contributed by atoms with van der Waals surface area (Å²) in [5, 5.41) is 0. The number of hydrogen-bond acceptors (Lipinski definition) is 6. The molecule has 0 amide bonds. The lowest BCUT2D eigenvalue weighted by molar-refractivity contribution is -0.167. The third-order valence-corrected chi connectivity index (χ3v) is 9.13. The molecular formula is C54H82O6. The van der Waals surface area contributed by atoms with E-state index in [2.05, 4.69) is 69.4 Å². The van der Waals surface area contributed by atoms with Crippen molar-refractivity contribution in [1.29, 1.82) is 0 Å². The van der Waals surface area contributed by atoms with Crippen molar-refractivity contribution in [3.8, 4) is 0 Å². The molecule has 0 heterocycles. The van der Waals surface area contributed by atoms with Gasteiger partial charge in [-0.3, -0.25) is 14.4 Å². The Bertz CT molecular complexity index is 1370. The predicted octanol–water partition coefficient (Wildman–Crippen LogP) is 15.1. The number of hydrogen-bond donors (Lipinski definition) is 0. The number of carbonyl (C=O) groups excluding carboxylic acids is 3. The maximum atomic E-state index is 12.7. The second-order valence-electron chi connectivity index (χ2n) is 14.8. The Labute approximate surface area is 366 Å². The van der Waals surface area contributed by atoms with E-state index in [0.717, 1.165) is 116 Å². The summed E-state index contributed by atoms with van der Waals surface area (Å²) in [7, 11) is 0. The molecule has 0 spiro atoms. The molecule has 0 aliphatic carbocycles. The summed E-state index contributed by atoms with van der Waals surface area (Å²) < 4.78 is 16.7. The minimum absolute atomic E-state index is 0.114. The summed E-state index contributed by atoms with van der Waals surface area (Å²) in [6, 6.07) is 0. The fraction of sp³-hybridized carbons (Fsp3) is 0.537. The van der Waals surface area contributed by atoms with Crippen molar-refractivity contribution < 1.29 is 28.6 Å². The van der Waals surface area contributed by atoms with E-state index in [9.17, 15) is 14.4 Å². The van der Waals surface area contributed by atoms with Crippen molar-refractivity contribution in [2.24, 2.45) is 0 Å². The van der Waals surface area contributed by atoms with Gasteiger partial charge in [0.25, 0.3) is 0 Å². The van der Waals surface area contributed by atoms with E-state index in [0.29, 0.717) is 12.8 Å². The van der Waals surface area contributed by atoms with Crippen molar-refractivity contribution >= 4 is 17.9 Å². The topological polar surface area (TPSA) is 78.9 Å². The van der Waals surface area contributed by atoms with Crippen LogP contribution in [0, 0.1) is 0 Å². The molecule has 0 aliphatic heterocycles. The van der Waals surface area contributed by atoms with Crippen LogP contribution in [0.5, 0.6) is 0 Å². The smallest absolute Gasteiger partial charge is 0.306 e. The molecule has 6 heteroatoms. The molecule has 0 rings (SSSR count). The SMILES string of the molecule is CC\C=C/C=C\C=C/C=C\C=C\C=C/CCCCCC(=O)OCC(COC(=O)CCCCCC/C=C\CCCC)OC(=O)CCCCCCC\C=C/C=C\C=C/C=C\CC. The first-order valence-corrected chi connectivity index (χ1v) is 23.3. The minimum atomic E-state index is -0.817. The van der Waals surface area contributed by atoms with Crippen LogP contribution < -0.4 is 0 Å². The molecule has 6 nitrogen and oxygen atoms in total. The summed E-state index contributed by atoms with van der Waals surface area (Å²) in [4.78, 5) is 37.8. The average molecular weight is 827 g/mol. The van der Waals surface area contributed by atoms with Gasteiger partial charge in [0.2, 0.25) is 0 Å². The normalized spacial score (nSPS) is 13.3. The van der Waals surface area contributed by atoms with Crippen molar-refractivity contribution in [3.05, 3.63) is 134 Å². The maximum Gasteiger partial charge on any atom is 0.306 e. The largest absolute Gasteiger partial charge is 0.462 e. The van der Waals surface area contributed by atoms with Gasteiger partial charge in [-0.25, -0.2) is 0 Å². The highest BCUT2D eigenvalue weighted by molar-refractivity contribution is 5.71. The van der Waals surface area contributed by atoms with Crippen molar-refractivity contribution in [3.63, 3.8) is 0 Å². The van der Waals surface area contributed by atoms with Gasteiger partial charge in [0.05, 0.1) is 0 Å². The Hall–Kier alpha value is -4.45. The summed E-state index contributed by atoms with van der Waals surface area (Å²) in [6.07, 6.45) is 65.7. The molecule has 0 N–H and O–H groups in total. The number of rotatable bonds is 39. The Morgan fingerprint density at radius 3 is 1.08 bits per heavy atom. The number of unbranched alkanes of at least 4 members (excludes halogenated alkanes) is 14. The number of ether oxygens (including phenoxy) is 3. The third-order valence-electron chi connectivity index (χ3n) is 9.13. The van der Waals surface area contributed by atoms with Crippen LogP contribution in [-0.2, 0) is 28.6 Å². The summed E-state index contributed by atoms with van der Waals surface area (Å²) >= 11 is 0. The molecule has 334 valence electrons. The van der Waals surface area contributed by atoms with Crippen LogP contribution in [0.1, 0.15) is 168 Å². The maximum absolute atomic E-state index is 12.7. The van der Waals surface area contributed by atoms with Gasteiger partial charge in [0, 0.05) is 19.3 Å². The van der Waals surface area contributed by atoms with Gasteiger partial charge in [-0.1, -0.05) is 206 Å². The third kappa shape index (κ3) is 44.6. The van der Waals surface area contributed by atoms with Crippen LogP contribution in [-0.4, -0.2) is 37.2 Å². The zero-order chi connectivity index (χ0) is 43.7. The van der Waals surface area contributed by atoms with Crippen LogP contribution in [0.4, 0.5) is 0 Å². The standard InChI is InChI=1S/C54H82O6/c1-4-7-10-13-16-19-22-24-26-27-29-30-32-35-38-41-44-47-53(56)59-50-51(49-58-52(55)46-43-40-37-34-21-18-15-12-9-6-3)60-54(57)48-45-42-39-36-33-31-28-25-23-20-17-14-11-8-5-2/h7-8,10-11,13-20,22-30,32,51H,4-6,9,12,21,31,33-50H2,1-3H3/b10-7-,11-8-,16-13-,17-14-,18-15-,22-19-,23-20-,26-24-,28-25-,29-27+,32-30-. The zero-order valence-electron chi connectivity index (χ0n) is 37.9. The van der Waals surface area contributed by atoms with Crippen molar-refractivity contribution in [1.82, 2.24) is 0 Å². The average Bonchev–Trinajstić information content (AvgIpc) is 3.24. The molecule has 0 saturated carbocycles. The molecular weight excluding hydrogens is 745 g/mol. The number of carbonyl (C=O) groups is 3. The molecule has 1 unspecified atom stereocenters. The molecule has 0 bridgehead atoms. The van der Waals surface area contributed by atoms with Gasteiger partial charge in [-0.15, -0.1) is 0 Å².